The Morgan fingerprint density at radius 1 is 1.56 bits per heavy atom. The molecule has 0 saturated carbocycles. The normalized spacial score (nSPS) is 23.9. The monoisotopic (exact) mass is 240 g/mol. The van der Waals surface area contributed by atoms with E-state index < -0.39 is 24.7 Å². The van der Waals surface area contributed by atoms with E-state index in [1.807, 2.05) is 0 Å². The van der Waals surface area contributed by atoms with E-state index in [9.17, 15) is 18.0 Å². The summed E-state index contributed by atoms with van der Waals surface area (Å²) < 4.78 is 35.8. The minimum atomic E-state index is -4.68. The molecule has 4 nitrogen and oxygen atoms in total. The highest BCUT2D eigenvalue weighted by Gasteiger charge is 2.38. The number of carbonyl (C=O) groups is 1. The van der Waals surface area contributed by atoms with Gasteiger partial charge in [0.1, 0.15) is 0 Å². The molecule has 1 heterocycles. The molecule has 0 aromatic carbocycles. The zero-order valence-electron chi connectivity index (χ0n) is 8.68. The van der Waals surface area contributed by atoms with Crippen molar-refractivity contribution < 1.29 is 23.1 Å². The Balaban J connectivity index is 2.29. The smallest absolute Gasteiger partial charge is 0.382 e. The molecule has 1 aliphatic rings. The molecule has 7 heteroatoms. The van der Waals surface area contributed by atoms with Gasteiger partial charge in [-0.3, -0.25) is 4.79 Å². The molecule has 1 amide bonds. The summed E-state index contributed by atoms with van der Waals surface area (Å²) in [6.07, 6.45) is -5.67. The number of rotatable bonds is 3. The topological polar surface area (TPSA) is 61.4 Å². The molecule has 0 radical (unpaired) electrons. The fourth-order valence-electron chi connectivity index (χ4n) is 1.53. The van der Waals surface area contributed by atoms with E-state index in [1.54, 1.807) is 0 Å². The number of carbonyl (C=O) groups excluding carboxylic acids is 1. The number of piperidine rings is 1. The van der Waals surface area contributed by atoms with Crippen LogP contribution >= 0.6 is 0 Å². The van der Waals surface area contributed by atoms with E-state index in [0.717, 1.165) is 13.0 Å². The molecule has 0 bridgehead atoms. The molecular weight excluding hydrogens is 225 g/mol. The molecule has 1 aliphatic heterocycles. The van der Waals surface area contributed by atoms with Gasteiger partial charge in [-0.15, -0.1) is 0 Å². The lowest BCUT2D eigenvalue weighted by Gasteiger charge is -2.23. The molecule has 2 unspecified atom stereocenters. The van der Waals surface area contributed by atoms with Crippen molar-refractivity contribution in [2.45, 2.75) is 25.1 Å². The Hall–Kier alpha value is -0.820. The summed E-state index contributed by atoms with van der Waals surface area (Å²) >= 11 is 0. The highest BCUT2D eigenvalue weighted by molar-refractivity contribution is 5.78. The summed E-state index contributed by atoms with van der Waals surface area (Å²) in [5, 5.41) is 13.8. The average Bonchev–Trinajstić information content (AvgIpc) is 2.25. The number of hydrogen-bond donors (Lipinski definition) is 3. The van der Waals surface area contributed by atoms with Gasteiger partial charge in [-0.25, -0.2) is 0 Å². The number of halogens is 3. The average molecular weight is 240 g/mol. The number of alkyl halides is 3. The fourth-order valence-corrected chi connectivity index (χ4v) is 1.53. The summed E-state index contributed by atoms with van der Waals surface area (Å²) in [7, 11) is 0. The molecule has 0 aromatic heterocycles. The summed E-state index contributed by atoms with van der Waals surface area (Å²) in [6.45, 7) is 0.529. The van der Waals surface area contributed by atoms with Crippen LogP contribution in [0.4, 0.5) is 13.2 Å². The maximum absolute atomic E-state index is 11.9. The number of aliphatic hydroxyl groups excluding tert-OH is 1. The summed E-state index contributed by atoms with van der Waals surface area (Å²) in [5.41, 5.74) is 0. The van der Waals surface area contributed by atoms with E-state index in [1.165, 1.54) is 0 Å². The van der Waals surface area contributed by atoms with Crippen LogP contribution in [0.1, 0.15) is 12.8 Å². The number of amides is 1. The molecule has 1 rings (SSSR count). The third kappa shape index (κ3) is 3.97. The van der Waals surface area contributed by atoms with Gasteiger partial charge in [-0.1, -0.05) is 0 Å². The molecule has 1 fully saturated rings. The van der Waals surface area contributed by atoms with Gasteiger partial charge in [0.15, 0.2) is 6.10 Å². The summed E-state index contributed by atoms with van der Waals surface area (Å²) in [4.78, 5) is 11.4. The van der Waals surface area contributed by atoms with Crippen LogP contribution in [0.5, 0.6) is 0 Å². The van der Waals surface area contributed by atoms with Crippen LogP contribution in [0.25, 0.3) is 0 Å². The van der Waals surface area contributed by atoms with E-state index in [0.29, 0.717) is 13.0 Å². The van der Waals surface area contributed by atoms with Gasteiger partial charge < -0.3 is 15.7 Å². The van der Waals surface area contributed by atoms with Crippen LogP contribution in [0.3, 0.4) is 0 Å². The lowest BCUT2D eigenvalue weighted by atomic mass is 9.99. The van der Waals surface area contributed by atoms with Crippen LogP contribution in [0.15, 0.2) is 0 Å². The van der Waals surface area contributed by atoms with Crippen molar-refractivity contribution in [2.24, 2.45) is 5.92 Å². The van der Waals surface area contributed by atoms with Crippen LogP contribution in [-0.4, -0.2) is 42.9 Å². The zero-order valence-corrected chi connectivity index (χ0v) is 8.68. The van der Waals surface area contributed by atoms with Crippen molar-refractivity contribution in [3.63, 3.8) is 0 Å². The van der Waals surface area contributed by atoms with Gasteiger partial charge >= 0.3 is 6.18 Å². The second-order valence-corrected chi connectivity index (χ2v) is 3.85. The molecule has 3 N–H and O–H groups in total. The third-order valence-corrected chi connectivity index (χ3v) is 2.52. The minimum absolute atomic E-state index is 0.297. The number of hydrogen-bond acceptors (Lipinski definition) is 3. The Kier molecular flexibility index (Phi) is 4.55. The lowest BCUT2D eigenvalue weighted by Crippen LogP contribution is -2.45. The van der Waals surface area contributed by atoms with Crippen LogP contribution < -0.4 is 10.6 Å². The minimum Gasteiger partial charge on any atom is -0.382 e. The number of nitrogens with one attached hydrogen (secondary N) is 2. The van der Waals surface area contributed by atoms with Gasteiger partial charge in [0.05, 0.1) is 12.5 Å². The van der Waals surface area contributed by atoms with Crippen molar-refractivity contribution in [3.8, 4) is 0 Å². The van der Waals surface area contributed by atoms with Gasteiger partial charge in [-0.05, 0) is 19.4 Å². The van der Waals surface area contributed by atoms with Crippen LogP contribution in [-0.2, 0) is 4.79 Å². The van der Waals surface area contributed by atoms with Crippen LogP contribution in [0, 0.1) is 5.92 Å². The van der Waals surface area contributed by atoms with Crippen molar-refractivity contribution in [3.05, 3.63) is 0 Å². The van der Waals surface area contributed by atoms with Gasteiger partial charge in [-0.2, -0.15) is 13.2 Å². The van der Waals surface area contributed by atoms with E-state index >= 15 is 0 Å². The van der Waals surface area contributed by atoms with Gasteiger partial charge in [0.25, 0.3) is 0 Å². The van der Waals surface area contributed by atoms with E-state index in [4.69, 9.17) is 5.11 Å². The lowest BCUT2D eigenvalue weighted by molar-refractivity contribution is -0.202. The molecule has 0 aliphatic carbocycles. The Morgan fingerprint density at radius 3 is 2.75 bits per heavy atom. The highest BCUT2D eigenvalue weighted by Crippen LogP contribution is 2.19. The van der Waals surface area contributed by atoms with Crippen molar-refractivity contribution in [2.75, 3.05) is 19.6 Å². The number of aliphatic hydroxyl groups is 1. The maximum Gasteiger partial charge on any atom is 0.416 e. The highest BCUT2D eigenvalue weighted by atomic mass is 19.4. The first-order valence-electron chi connectivity index (χ1n) is 5.14. The molecule has 0 spiro atoms. The van der Waals surface area contributed by atoms with Gasteiger partial charge in [0, 0.05) is 6.54 Å². The second-order valence-electron chi connectivity index (χ2n) is 3.85. The molecule has 16 heavy (non-hydrogen) atoms. The predicted molar refractivity (Wildman–Crippen MR) is 50.7 cm³/mol. The molecule has 1 saturated heterocycles. The first-order chi connectivity index (χ1) is 7.41. The summed E-state index contributed by atoms with van der Waals surface area (Å²) in [5.74, 6) is -0.732. The third-order valence-electron chi connectivity index (χ3n) is 2.52. The Morgan fingerprint density at radius 2 is 2.25 bits per heavy atom. The van der Waals surface area contributed by atoms with Crippen molar-refractivity contribution in [1.29, 1.82) is 0 Å². The fraction of sp³-hybridized carbons (Fsp3) is 0.889. The molecule has 2 atom stereocenters. The molecule has 0 aromatic rings. The van der Waals surface area contributed by atoms with Gasteiger partial charge in [0.2, 0.25) is 5.91 Å². The molecule has 94 valence electrons. The van der Waals surface area contributed by atoms with E-state index in [-0.39, 0.29) is 5.92 Å². The SMILES string of the molecule is O=C(NCC(O)C(F)(F)F)C1CCCNC1. The first kappa shape index (κ1) is 13.2. The van der Waals surface area contributed by atoms with Crippen LogP contribution in [0.2, 0.25) is 0 Å². The Bertz CT molecular complexity index is 239. The first-order valence-corrected chi connectivity index (χ1v) is 5.14. The zero-order chi connectivity index (χ0) is 12.2. The predicted octanol–water partition coefficient (Wildman–Crippen LogP) is 0.0254. The largest absolute Gasteiger partial charge is 0.416 e. The van der Waals surface area contributed by atoms with E-state index in [2.05, 4.69) is 10.6 Å². The maximum atomic E-state index is 11.9. The Labute approximate surface area is 91.2 Å². The molecular formula is C9H15F3N2O2. The standard InChI is InChI=1S/C9H15F3N2O2/c10-9(11,12)7(15)5-14-8(16)6-2-1-3-13-4-6/h6-7,13,15H,1-5H2,(H,14,16). The van der Waals surface area contributed by atoms with Crippen molar-refractivity contribution in [1.82, 2.24) is 10.6 Å². The quantitative estimate of drug-likeness (QED) is 0.652. The van der Waals surface area contributed by atoms with Crippen molar-refractivity contribution >= 4 is 5.91 Å². The second kappa shape index (κ2) is 5.49. The summed E-state index contributed by atoms with van der Waals surface area (Å²) in [6, 6.07) is 0.